The molecule has 0 heterocycles. The van der Waals surface area contributed by atoms with Crippen molar-refractivity contribution in [1.29, 1.82) is 0 Å². The molecular weight excluding hydrogens is 194 g/mol. The Balaban J connectivity index is 3.08. The van der Waals surface area contributed by atoms with E-state index in [4.69, 9.17) is 9.47 Å². The summed E-state index contributed by atoms with van der Waals surface area (Å²) < 4.78 is 10.5. The molecule has 0 rings (SSSR count). The summed E-state index contributed by atoms with van der Waals surface area (Å²) in [4.78, 5) is 11.1. The van der Waals surface area contributed by atoms with Crippen LogP contribution in [0, 0.1) is 5.92 Å². The van der Waals surface area contributed by atoms with Crippen LogP contribution in [0.15, 0.2) is 0 Å². The predicted molar refractivity (Wildman–Crippen MR) is 59.8 cm³/mol. The van der Waals surface area contributed by atoms with Gasteiger partial charge >= 0.3 is 0 Å². The Labute approximate surface area is 92.3 Å². The average Bonchev–Trinajstić information content (AvgIpc) is 2.21. The van der Waals surface area contributed by atoms with E-state index in [1.165, 1.54) is 0 Å². The van der Waals surface area contributed by atoms with Gasteiger partial charge in [-0.15, -0.1) is 0 Å². The van der Waals surface area contributed by atoms with Crippen molar-refractivity contribution >= 4 is 5.91 Å². The van der Waals surface area contributed by atoms with Gasteiger partial charge in [0.15, 0.2) is 0 Å². The number of nitrogens with one attached hydrogen (secondary N) is 1. The Morgan fingerprint density at radius 1 is 1.13 bits per heavy atom. The lowest BCUT2D eigenvalue weighted by atomic mass is 10.2. The molecule has 0 aromatic heterocycles. The molecule has 0 radical (unpaired) electrons. The SMILES string of the molecule is CCCOCCOCCNC(=O)C(C)C. The molecule has 0 saturated heterocycles. The first-order chi connectivity index (χ1) is 7.18. The second-order valence-corrected chi connectivity index (χ2v) is 3.67. The zero-order chi connectivity index (χ0) is 11.5. The van der Waals surface area contributed by atoms with Crippen molar-refractivity contribution in [2.45, 2.75) is 27.2 Å². The topological polar surface area (TPSA) is 47.6 Å². The fourth-order valence-electron chi connectivity index (χ4n) is 0.917. The van der Waals surface area contributed by atoms with Gasteiger partial charge < -0.3 is 14.8 Å². The monoisotopic (exact) mass is 217 g/mol. The first-order valence-electron chi connectivity index (χ1n) is 5.61. The normalized spacial score (nSPS) is 10.7. The van der Waals surface area contributed by atoms with E-state index >= 15 is 0 Å². The summed E-state index contributed by atoms with van der Waals surface area (Å²) in [6.07, 6.45) is 1.03. The number of ether oxygens (including phenoxy) is 2. The van der Waals surface area contributed by atoms with Crippen molar-refractivity contribution in [3.05, 3.63) is 0 Å². The Bertz CT molecular complexity index is 160. The van der Waals surface area contributed by atoms with Crippen molar-refractivity contribution in [1.82, 2.24) is 5.32 Å². The Morgan fingerprint density at radius 2 is 1.73 bits per heavy atom. The molecule has 0 atom stereocenters. The molecule has 0 saturated carbocycles. The number of hydrogen-bond acceptors (Lipinski definition) is 3. The molecule has 4 heteroatoms. The Hall–Kier alpha value is -0.610. The van der Waals surface area contributed by atoms with Gasteiger partial charge in [-0.1, -0.05) is 20.8 Å². The van der Waals surface area contributed by atoms with Crippen molar-refractivity contribution in [3.8, 4) is 0 Å². The smallest absolute Gasteiger partial charge is 0.222 e. The van der Waals surface area contributed by atoms with Gasteiger partial charge in [-0.2, -0.15) is 0 Å². The fraction of sp³-hybridized carbons (Fsp3) is 0.909. The van der Waals surface area contributed by atoms with Crippen LogP contribution in [0.4, 0.5) is 0 Å². The molecule has 0 spiro atoms. The second kappa shape index (κ2) is 9.93. The van der Waals surface area contributed by atoms with Gasteiger partial charge in [0.1, 0.15) is 0 Å². The standard InChI is InChI=1S/C11H23NO3/c1-4-6-14-8-9-15-7-5-12-11(13)10(2)3/h10H,4-9H2,1-3H3,(H,12,13). The Morgan fingerprint density at radius 3 is 2.27 bits per heavy atom. The largest absolute Gasteiger partial charge is 0.379 e. The first-order valence-corrected chi connectivity index (χ1v) is 5.61. The molecule has 4 nitrogen and oxygen atoms in total. The lowest BCUT2D eigenvalue weighted by molar-refractivity contribution is -0.124. The third-order valence-electron chi connectivity index (χ3n) is 1.79. The summed E-state index contributed by atoms with van der Waals surface area (Å²) in [7, 11) is 0. The van der Waals surface area contributed by atoms with Crippen LogP contribution in [0.25, 0.3) is 0 Å². The quantitative estimate of drug-likeness (QED) is 0.590. The van der Waals surface area contributed by atoms with E-state index in [1.54, 1.807) is 0 Å². The fourth-order valence-corrected chi connectivity index (χ4v) is 0.917. The van der Waals surface area contributed by atoms with Crippen LogP contribution in [0.3, 0.4) is 0 Å². The van der Waals surface area contributed by atoms with E-state index in [1.807, 2.05) is 13.8 Å². The summed E-state index contributed by atoms with van der Waals surface area (Å²) in [5.74, 6) is 0.110. The molecule has 0 aliphatic rings. The molecular formula is C11H23NO3. The van der Waals surface area contributed by atoms with Crippen LogP contribution < -0.4 is 5.32 Å². The van der Waals surface area contributed by atoms with Crippen LogP contribution >= 0.6 is 0 Å². The molecule has 0 fully saturated rings. The van der Waals surface area contributed by atoms with Crippen LogP contribution in [-0.2, 0) is 14.3 Å². The molecule has 0 aliphatic heterocycles. The summed E-state index contributed by atoms with van der Waals surface area (Å²) >= 11 is 0. The maximum atomic E-state index is 11.1. The van der Waals surface area contributed by atoms with Gasteiger partial charge in [0.25, 0.3) is 0 Å². The minimum Gasteiger partial charge on any atom is -0.379 e. The molecule has 1 N–H and O–H groups in total. The molecule has 0 aliphatic carbocycles. The van der Waals surface area contributed by atoms with Gasteiger partial charge in [-0.25, -0.2) is 0 Å². The van der Waals surface area contributed by atoms with Crippen molar-refractivity contribution in [2.75, 3.05) is 33.0 Å². The van der Waals surface area contributed by atoms with Crippen LogP contribution in [0.2, 0.25) is 0 Å². The van der Waals surface area contributed by atoms with E-state index in [0.29, 0.717) is 26.4 Å². The lowest BCUT2D eigenvalue weighted by Gasteiger charge is -2.08. The zero-order valence-electron chi connectivity index (χ0n) is 10.0. The molecule has 1 amide bonds. The molecule has 15 heavy (non-hydrogen) atoms. The van der Waals surface area contributed by atoms with Gasteiger partial charge in [0.2, 0.25) is 5.91 Å². The highest BCUT2D eigenvalue weighted by molar-refractivity contribution is 5.77. The van der Waals surface area contributed by atoms with Crippen LogP contribution in [0.1, 0.15) is 27.2 Å². The average molecular weight is 217 g/mol. The summed E-state index contributed by atoms with van der Waals surface area (Å²) in [5, 5.41) is 2.78. The van der Waals surface area contributed by atoms with Crippen LogP contribution in [-0.4, -0.2) is 38.9 Å². The molecule has 90 valence electrons. The van der Waals surface area contributed by atoms with Gasteiger partial charge in [-0.05, 0) is 6.42 Å². The number of carbonyl (C=O) groups is 1. The van der Waals surface area contributed by atoms with Crippen molar-refractivity contribution in [2.24, 2.45) is 5.92 Å². The third-order valence-corrected chi connectivity index (χ3v) is 1.79. The van der Waals surface area contributed by atoms with Gasteiger partial charge in [-0.3, -0.25) is 4.79 Å². The first kappa shape index (κ1) is 14.4. The molecule has 0 aromatic rings. The number of hydrogen-bond donors (Lipinski definition) is 1. The maximum absolute atomic E-state index is 11.1. The zero-order valence-corrected chi connectivity index (χ0v) is 10.0. The lowest BCUT2D eigenvalue weighted by Crippen LogP contribution is -2.31. The highest BCUT2D eigenvalue weighted by Crippen LogP contribution is 1.89. The number of carbonyl (C=O) groups excluding carboxylic acids is 1. The number of amides is 1. The summed E-state index contributed by atoms with van der Waals surface area (Å²) in [5.41, 5.74) is 0. The summed E-state index contributed by atoms with van der Waals surface area (Å²) in [6.45, 7) is 8.95. The second-order valence-electron chi connectivity index (χ2n) is 3.67. The predicted octanol–water partition coefficient (Wildman–Crippen LogP) is 1.20. The van der Waals surface area contributed by atoms with E-state index in [-0.39, 0.29) is 11.8 Å². The van der Waals surface area contributed by atoms with E-state index < -0.39 is 0 Å². The van der Waals surface area contributed by atoms with Crippen molar-refractivity contribution < 1.29 is 14.3 Å². The molecule has 0 aromatic carbocycles. The van der Waals surface area contributed by atoms with Crippen LogP contribution in [0.5, 0.6) is 0 Å². The minimum atomic E-state index is 0.0397. The van der Waals surface area contributed by atoms with E-state index in [9.17, 15) is 4.79 Å². The van der Waals surface area contributed by atoms with Crippen molar-refractivity contribution in [3.63, 3.8) is 0 Å². The highest BCUT2D eigenvalue weighted by atomic mass is 16.5. The number of rotatable bonds is 9. The minimum absolute atomic E-state index is 0.0397. The van der Waals surface area contributed by atoms with Gasteiger partial charge in [0.05, 0.1) is 19.8 Å². The Kier molecular flexibility index (Phi) is 9.52. The third kappa shape index (κ3) is 9.69. The van der Waals surface area contributed by atoms with Gasteiger partial charge in [0, 0.05) is 19.1 Å². The van der Waals surface area contributed by atoms with E-state index in [2.05, 4.69) is 12.2 Å². The van der Waals surface area contributed by atoms with E-state index in [0.717, 1.165) is 13.0 Å². The highest BCUT2D eigenvalue weighted by Gasteiger charge is 2.04. The molecule has 0 unspecified atom stereocenters. The maximum Gasteiger partial charge on any atom is 0.222 e. The molecule has 0 bridgehead atoms. The summed E-state index contributed by atoms with van der Waals surface area (Å²) in [6, 6.07) is 0.